The second-order valence-corrected chi connectivity index (χ2v) is 11.1. The van der Waals surface area contributed by atoms with E-state index in [0.29, 0.717) is 37.2 Å². The summed E-state index contributed by atoms with van der Waals surface area (Å²) in [7, 11) is 4.04. The third-order valence-electron chi connectivity index (χ3n) is 7.87. The minimum atomic E-state index is -0.462. The van der Waals surface area contributed by atoms with Gasteiger partial charge < -0.3 is 24.6 Å². The molecule has 0 radical (unpaired) electrons. The summed E-state index contributed by atoms with van der Waals surface area (Å²) in [6.07, 6.45) is 0.874. The Balaban J connectivity index is 1.50. The van der Waals surface area contributed by atoms with Gasteiger partial charge in [-0.25, -0.2) is 4.79 Å². The highest BCUT2D eigenvalue weighted by atomic mass is 16.5. The first-order chi connectivity index (χ1) is 18.7. The van der Waals surface area contributed by atoms with Crippen molar-refractivity contribution < 1.29 is 19.1 Å². The van der Waals surface area contributed by atoms with Crippen molar-refractivity contribution in [1.29, 1.82) is 0 Å². The molecule has 7 heteroatoms. The quantitative estimate of drug-likeness (QED) is 0.534. The number of morpholine rings is 1. The van der Waals surface area contributed by atoms with Crippen LogP contribution < -0.4 is 15.1 Å². The van der Waals surface area contributed by atoms with Gasteiger partial charge in [0.25, 0.3) is 0 Å². The molecule has 0 bridgehead atoms. The molecule has 0 saturated carbocycles. The van der Waals surface area contributed by atoms with Gasteiger partial charge in [0.2, 0.25) is 0 Å². The molecular weight excluding hydrogens is 490 g/mol. The maximum absolute atomic E-state index is 13.9. The lowest BCUT2D eigenvalue weighted by Crippen LogP contribution is -2.37. The Morgan fingerprint density at radius 2 is 1.64 bits per heavy atom. The zero-order chi connectivity index (χ0) is 27.7. The Kier molecular flexibility index (Phi) is 7.80. The minimum absolute atomic E-state index is 0.0787. The molecule has 2 heterocycles. The zero-order valence-electron chi connectivity index (χ0n) is 23.6. The summed E-state index contributed by atoms with van der Waals surface area (Å²) in [6, 6.07) is 16.7. The van der Waals surface area contributed by atoms with Gasteiger partial charge in [-0.3, -0.25) is 4.79 Å². The van der Waals surface area contributed by atoms with E-state index in [1.54, 1.807) is 0 Å². The van der Waals surface area contributed by atoms with Crippen molar-refractivity contribution in [1.82, 2.24) is 5.32 Å². The Morgan fingerprint density at radius 3 is 2.26 bits per heavy atom. The van der Waals surface area contributed by atoms with Crippen molar-refractivity contribution in [3.63, 3.8) is 0 Å². The Morgan fingerprint density at radius 1 is 1.00 bits per heavy atom. The summed E-state index contributed by atoms with van der Waals surface area (Å²) in [5.74, 6) is -0.676. The number of Topliss-reactive ketones (excluding diaryl/α,β-unsaturated/α-hetero) is 1. The molecule has 2 aromatic rings. The fourth-order valence-electron chi connectivity index (χ4n) is 5.90. The van der Waals surface area contributed by atoms with Crippen molar-refractivity contribution in [3.05, 3.63) is 82.2 Å². The number of hydrogen-bond acceptors (Lipinski definition) is 7. The molecular formula is C32H39N3O4. The van der Waals surface area contributed by atoms with E-state index < -0.39 is 5.92 Å². The van der Waals surface area contributed by atoms with E-state index in [9.17, 15) is 9.59 Å². The highest BCUT2D eigenvalue weighted by Crippen LogP contribution is 2.46. The largest absolute Gasteiger partial charge is 0.460 e. The first-order valence-corrected chi connectivity index (χ1v) is 13.9. The average molecular weight is 530 g/mol. The van der Waals surface area contributed by atoms with E-state index >= 15 is 0 Å². The zero-order valence-corrected chi connectivity index (χ0v) is 23.6. The monoisotopic (exact) mass is 529 g/mol. The van der Waals surface area contributed by atoms with Gasteiger partial charge in [0.1, 0.15) is 0 Å². The molecule has 2 aliphatic heterocycles. The number of hydrogen-bond donors (Lipinski definition) is 1. The van der Waals surface area contributed by atoms with Gasteiger partial charge >= 0.3 is 5.97 Å². The van der Waals surface area contributed by atoms with Crippen LogP contribution in [0.1, 0.15) is 56.6 Å². The molecule has 1 fully saturated rings. The summed E-state index contributed by atoms with van der Waals surface area (Å²) < 4.78 is 11.2. The molecule has 2 atom stereocenters. The van der Waals surface area contributed by atoms with Crippen LogP contribution in [-0.4, -0.2) is 58.3 Å². The van der Waals surface area contributed by atoms with Crippen molar-refractivity contribution in [2.24, 2.45) is 0 Å². The van der Waals surface area contributed by atoms with Crippen LogP contribution in [-0.2, 0) is 19.1 Å². The molecule has 1 N–H and O–H groups in total. The van der Waals surface area contributed by atoms with Crippen LogP contribution in [0.5, 0.6) is 0 Å². The predicted octanol–water partition coefficient (Wildman–Crippen LogP) is 4.90. The number of nitrogens with one attached hydrogen (secondary N) is 1. The van der Waals surface area contributed by atoms with Crippen LogP contribution >= 0.6 is 0 Å². The van der Waals surface area contributed by atoms with Crippen LogP contribution in [0.4, 0.5) is 11.4 Å². The fourth-order valence-corrected chi connectivity index (χ4v) is 5.90. The third kappa shape index (κ3) is 5.59. The van der Waals surface area contributed by atoms with Crippen LogP contribution in [0.25, 0.3) is 0 Å². The SMILES string of the molecule is CC1=C(C(=O)OC(C)C)[C@H](c2ccc(N3CCOCC3)cc2)C2=C(C[C@H](c3ccc(N(C)C)cc3)CC2=O)N1. The number of nitrogens with zero attached hydrogens (tertiary/aromatic N) is 2. The lowest BCUT2D eigenvalue weighted by atomic mass is 9.71. The summed E-state index contributed by atoms with van der Waals surface area (Å²) >= 11 is 0. The summed E-state index contributed by atoms with van der Waals surface area (Å²) in [4.78, 5) is 31.6. The van der Waals surface area contributed by atoms with Crippen molar-refractivity contribution in [2.75, 3.05) is 50.2 Å². The summed E-state index contributed by atoms with van der Waals surface area (Å²) in [6.45, 7) is 8.73. The number of esters is 1. The second kappa shape index (κ2) is 11.3. The number of carbonyl (C=O) groups excluding carboxylic acids is 2. The van der Waals surface area contributed by atoms with Gasteiger partial charge in [-0.1, -0.05) is 24.3 Å². The summed E-state index contributed by atoms with van der Waals surface area (Å²) in [5.41, 5.74) is 7.20. The first kappa shape index (κ1) is 27.0. The van der Waals surface area contributed by atoms with E-state index in [4.69, 9.17) is 9.47 Å². The number of rotatable bonds is 6. The van der Waals surface area contributed by atoms with E-state index in [2.05, 4.69) is 63.6 Å². The minimum Gasteiger partial charge on any atom is -0.460 e. The molecule has 1 saturated heterocycles. The van der Waals surface area contributed by atoms with E-state index in [0.717, 1.165) is 47.0 Å². The molecule has 39 heavy (non-hydrogen) atoms. The molecule has 0 amide bonds. The maximum Gasteiger partial charge on any atom is 0.337 e. The number of carbonyl (C=O) groups is 2. The van der Waals surface area contributed by atoms with Crippen molar-refractivity contribution in [2.45, 2.75) is 51.6 Å². The molecule has 206 valence electrons. The molecule has 0 unspecified atom stereocenters. The standard InChI is InChI=1S/C32H39N3O4/c1-20(2)39-32(37)29-21(3)33-27-18-24(22-6-10-25(11-7-22)34(4)5)19-28(36)31(27)30(29)23-8-12-26(13-9-23)35-14-16-38-17-15-35/h6-13,20,24,30,33H,14-19H2,1-5H3/t24-,30-/m0/s1. The fraction of sp³-hybridized carbons (Fsp3) is 0.438. The topological polar surface area (TPSA) is 71.1 Å². The number of allylic oxidation sites excluding steroid dienone is 3. The molecule has 3 aliphatic rings. The lowest BCUT2D eigenvalue weighted by Gasteiger charge is -2.37. The van der Waals surface area contributed by atoms with Gasteiger partial charge in [0.15, 0.2) is 5.78 Å². The smallest absolute Gasteiger partial charge is 0.337 e. The average Bonchev–Trinajstić information content (AvgIpc) is 2.92. The van der Waals surface area contributed by atoms with Gasteiger partial charge in [0.05, 0.1) is 24.9 Å². The van der Waals surface area contributed by atoms with Crippen molar-refractivity contribution in [3.8, 4) is 0 Å². The van der Waals surface area contributed by atoms with Crippen molar-refractivity contribution >= 4 is 23.1 Å². The number of ether oxygens (including phenoxy) is 2. The third-order valence-corrected chi connectivity index (χ3v) is 7.87. The van der Waals surface area contributed by atoms with Crippen LogP contribution in [0.3, 0.4) is 0 Å². The lowest BCUT2D eigenvalue weighted by molar-refractivity contribution is -0.143. The Bertz CT molecular complexity index is 1290. The molecule has 2 aromatic carbocycles. The van der Waals surface area contributed by atoms with Crippen LogP contribution in [0.15, 0.2) is 71.1 Å². The van der Waals surface area contributed by atoms with Crippen LogP contribution in [0.2, 0.25) is 0 Å². The Hall–Kier alpha value is -3.58. The number of ketones is 1. The van der Waals surface area contributed by atoms with Gasteiger partial charge in [-0.15, -0.1) is 0 Å². The molecule has 5 rings (SSSR count). The second-order valence-electron chi connectivity index (χ2n) is 11.1. The summed E-state index contributed by atoms with van der Waals surface area (Å²) in [5, 5.41) is 3.45. The number of dihydropyridines is 1. The molecule has 0 spiro atoms. The van der Waals surface area contributed by atoms with E-state index in [1.807, 2.05) is 34.9 Å². The first-order valence-electron chi connectivity index (χ1n) is 13.9. The van der Waals surface area contributed by atoms with E-state index in [1.165, 1.54) is 0 Å². The predicted molar refractivity (Wildman–Crippen MR) is 154 cm³/mol. The number of anilines is 2. The van der Waals surface area contributed by atoms with Gasteiger partial charge in [-0.2, -0.15) is 0 Å². The molecule has 1 aliphatic carbocycles. The highest BCUT2D eigenvalue weighted by molar-refractivity contribution is 6.04. The van der Waals surface area contributed by atoms with Crippen LogP contribution in [0, 0.1) is 0 Å². The highest BCUT2D eigenvalue weighted by Gasteiger charge is 2.41. The number of benzene rings is 2. The maximum atomic E-state index is 13.9. The molecule has 0 aromatic heterocycles. The van der Waals surface area contributed by atoms with Gasteiger partial charge in [0, 0.05) is 67.9 Å². The van der Waals surface area contributed by atoms with Gasteiger partial charge in [-0.05, 0) is 68.5 Å². The molecule has 7 nitrogen and oxygen atoms in total. The Labute approximate surface area is 231 Å². The van der Waals surface area contributed by atoms with E-state index in [-0.39, 0.29) is 23.8 Å². The normalized spacial score (nSPS) is 21.6.